The first-order valence-corrected chi connectivity index (χ1v) is 5.86. The Morgan fingerprint density at radius 1 is 1.56 bits per heavy atom. The Morgan fingerprint density at radius 3 is 2.81 bits per heavy atom. The Bertz CT molecular complexity index is 421. The van der Waals surface area contributed by atoms with E-state index < -0.39 is 10.8 Å². The average Bonchev–Trinajstić information content (AvgIpc) is 2.25. The summed E-state index contributed by atoms with van der Waals surface area (Å²) in [6.07, 6.45) is 0.796. The van der Waals surface area contributed by atoms with Crippen molar-refractivity contribution in [2.24, 2.45) is 0 Å². The van der Waals surface area contributed by atoms with Crippen LogP contribution in [0, 0.1) is 13.7 Å². The first kappa shape index (κ1) is 12.9. The van der Waals surface area contributed by atoms with Crippen LogP contribution in [0.15, 0.2) is 18.2 Å². The molecule has 1 N–H and O–H groups in total. The maximum Gasteiger partial charge on any atom is 0.283 e. The molecule has 0 aliphatic carbocycles. The molecular weight excluding hydrogens is 323 g/mol. The number of carbonyl (C=O) groups excluding carboxylic acids is 1. The maximum atomic E-state index is 11.6. The highest BCUT2D eigenvalue weighted by Gasteiger charge is 2.19. The summed E-state index contributed by atoms with van der Waals surface area (Å²) in [5, 5.41) is 13.4. The number of rotatable bonds is 4. The Hall–Kier alpha value is -1.18. The Labute approximate surface area is 107 Å². The van der Waals surface area contributed by atoms with Gasteiger partial charge in [0.05, 0.1) is 4.92 Å². The van der Waals surface area contributed by atoms with Crippen molar-refractivity contribution in [3.8, 4) is 0 Å². The fourth-order valence-corrected chi connectivity index (χ4v) is 1.66. The lowest BCUT2D eigenvalue weighted by molar-refractivity contribution is -0.385. The van der Waals surface area contributed by atoms with Crippen LogP contribution in [0.2, 0.25) is 0 Å². The lowest BCUT2D eigenvalue weighted by Gasteiger charge is -2.04. The second-order valence-electron chi connectivity index (χ2n) is 3.17. The summed E-state index contributed by atoms with van der Waals surface area (Å²) in [6, 6.07) is 4.54. The van der Waals surface area contributed by atoms with Crippen molar-refractivity contribution in [1.29, 1.82) is 0 Å². The van der Waals surface area contributed by atoms with Crippen molar-refractivity contribution in [2.75, 3.05) is 6.54 Å². The largest absolute Gasteiger partial charge is 0.352 e. The van der Waals surface area contributed by atoms with Crippen molar-refractivity contribution < 1.29 is 9.72 Å². The van der Waals surface area contributed by atoms with Crippen molar-refractivity contribution in [3.05, 3.63) is 37.4 Å². The lowest BCUT2D eigenvalue weighted by Crippen LogP contribution is -2.24. The molecule has 0 bridgehead atoms. The standard InChI is InChI=1S/C10H11IN2O3/c1-2-5-12-10(14)8-4-3-7(11)6-9(8)13(15)16/h3-4,6H,2,5H2,1H3,(H,12,14). The molecule has 0 spiro atoms. The van der Waals surface area contributed by atoms with E-state index in [1.54, 1.807) is 6.07 Å². The van der Waals surface area contributed by atoms with Crippen LogP contribution in [0.5, 0.6) is 0 Å². The molecule has 1 aromatic rings. The van der Waals surface area contributed by atoms with E-state index in [1.165, 1.54) is 12.1 Å². The smallest absolute Gasteiger partial charge is 0.283 e. The van der Waals surface area contributed by atoms with Gasteiger partial charge in [-0.25, -0.2) is 0 Å². The molecular formula is C10H11IN2O3. The van der Waals surface area contributed by atoms with Gasteiger partial charge in [0.25, 0.3) is 11.6 Å². The van der Waals surface area contributed by atoms with Gasteiger partial charge in [-0.05, 0) is 41.1 Å². The van der Waals surface area contributed by atoms with Gasteiger partial charge < -0.3 is 5.32 Å². The Balaban J connectivity index is 3.03. The van der Waals surface area contributed by atoms with Crippen LogP contribution in [0.3, 0.4) is 0 Å². The number of hydrogen-bond donors (Lipinski definition) is 1. The molecule has 0 fully saturated rings. The second-order valence-corrected chi connectivity index (χ2v) is 4.42. The number of halogens is 1. The van der Waals surface area contributed by atoms with Crippen molar-refractivity contribution in [3.63, 3.8) is 0 Å². The van der Waals surface area contributed by atoms with Gasteiger partial charge in [-0.1, -0.05) is 6.92 Å². The van der Waals surface area contributed by atoms with Gasteiger partial charge in [-0.3, -0.25) is 14.9 Å². The van der Waals surface area contributed by atoms with Gasteiger partial charge >= 0.3 is 0 Å². The molecule has 0 aliphatic rings. The minimum Gasteiger partial charge on any atom is -0.352 e. The van der Waals surface area contributed by atoms with Gasteiger partial charge in [0.15, 0.2) is 0 Å². The highest BCUT2D eigenvalue weighted by atomic mass is 127. The third-order valence-corrected chi connectivity index (χ3v) is 2.61. The first-order chi connectivity index (χ1) is 7.56. The molecule has 0 heterocycles. The van der Waals surface area contributed by atoms with E-state index in [0.717, 1.165) is 9.99 Å². The number of nitro benzene ring substituents is 1. The van der Waals surface area contributed by atoms with Crippen molar-refractivity contribution in [2.45, 2.75) is 13.3 Å². The van der Waals surface area contributed by atoms with Crippen LogP contribution in [0.25, 0.3) is 0 Å². The zero-order chi connectivity index (χ0) is 12.1. The van der Waals surface area contributed by atoms with Crippen LogP contribution in [-0.4, -0.2) is 17.4 Å². The summed E-state index contributed by atoms with van der Waals surface area (Å²) < 4.78 is 0.733. The third kappa shape index (κ3) is 3.16. The summed E-state index contributed by atoms with van der Waals surface area (Å²) in [4.78, 5) is 21.9. The zero-order valence-electron chi connectivity index (χ0n) is 8.70. The summed E-state index contributed by atoms with van der Waals surface area (Å²) >= 11 is 1.97. The average molecular weight is 334 g/mol. The molecule has 5 nitrogen and oxygen atoms in total. The molecule has 6 heteroatoms. The molecule has 16 heavy (non-hydrogen) atoms. The second kappa shape index (κ2) is 5.78. The highest BCUT2D eigenvalue weighted by Crippen LogP contribution is 2.21. The molecule has 0 unspecified atom stereocenters. The van der Waals surface area contributed by atoms with Crippen LogP contribution in [0.1, 0.15) is 23.7 Å². The molecule has 1 rings (SSSR count). The molecule has 0 aliphatic heterocycles. The summed E-state index contributed by atoms with van der Waals surface area (Å²) in [7, 11) is 0. The molecule has 1 aromatic carbocycles. The van der Waals surface area contributed by atoms with Gasteiger partial charge in [0.2, 0.25) is 0 Å². The molecule has 0 atom stereocenters. The Kier molecular flexibility index (Phi) is 4.66. The molecule has 0 saturated carbocycles. The van der Waals surface area contributed by atoms with E-state index in [2.05, 4.69) is 5.32 Å². The Morgan fingerprint density at radius 2 is 2.25 bits per heavy atom. The van der Waals surface area contributed by atoms with Gasteiger partial charge in [-0.2, -0.15) is 0 Å². The van der Waals surface area contributed by atoms with E-state index in [-0.39, 0.29) is 11.3 Å². The van der Waals surface area contributed by atoms with Crippen LogP contribution < -0.4 is 5.32 Å². The van der Waals surface area contributed by atoms with E-state index in [1.807, 2.05) is 29.5 Å². The summed E-state index contributed by atoms with van der Waals surface area (Å²) in [6.45, 7) is 2.44. The van der Waals surface area contributed by atoms with Crippen LogP contribution in [0.4, 0.5) is 5.69 Å². The van der Waals surface area contributed by atoms with Gasteiger partial charge in [-0.15, -0.1) is 0 Å². The molecule has 0 aromatic heterocycles. The minimum absolute atomic E-state index is 0.110. The molecule has 0 saturated heterocycles. The first-order valence-electron chi connectivity index (χ1n) is 4.78. The normalized spacial score (nSPS) is 9.88. The molecule has 0 radical (unpaired) electrons. The number of carbonyl (C=O) groups is 1. The number of amides is 1. The van der Waals surface area contributed by atoms with Gasteiger partial charge in [0, 0.05) is 16.2 Å². The topological polar surface area (TPSA) is 72.2 Å². The van der Waals surface area contributed by atoms with E-state index in [9.17, 15) is 14.9 Å². The van der Waals surface area contributed by atoms with Crippen LogP contribution >= 0.6 is 22.6 Å². The van der Waals surface area contributed by atoms with E-state index >= 15 is 0 Å². The number of hydrogen-bond acceptors (Lipinski definition) is 3. The highest BCUT2D eigenvalue weighted by molar-refractivity contribution is 14.1. The molecule has 1 amide bonds. The monoisotopic (exact) mass is 334 g/mol. The predicted octanol–water partition coefficient (Wildman–Crippen LogP) is 2.34. The minimum atomic E-state index is -0.539. The van der Waals surface area contributed by atoms with E-state index in [4.69, 9.17) is 0 Å². The predicted molar refractivity (Wildman–Crippen MR) is 68.4 cm³/mol. The fraction of sp³-hybridized carbons (Fsp3) is 0.300. The maximum absolute atomic E-state index is 11.6. The van der Waals surface area contributed by atoms with E-state index in [0.29, 0.717) is 6.54 Å². The number of benzene rings is 1. The third-order valence-electron chi connectivity index (χ3n) is 1.94. The van der Waals surface area contributed by atoms with Crippen molar-refractivity contribution in [1.82, 2.24) is 5.32 Å². The quantitative estimate of drug-likeness (QED) is 0.522. The summed E-state index contributed by atoms with van der Waals surface area (Å²) in [5.41, 5.74) is -0.0423. The van der Waals surface area contributed by atoms with Gasteiger partial charge in [0.1, 0.15) is 5.56 Å². The fourth-order valence-electron chi connectivity index (χ4n) is 1.18. The molecule has 86 valence electrons. The number of nitrogens with one attached hydrogen (secondary N) is 1. The summed E-state index contributed by atoms with van der Waals surface area (Å²) in [5.74, 6) is -0.398. The SMILES string of the molecule is CCCNC(=O)c1ccc(I)cc1[N+](=O)[O-]. The zero-order valence-corrected chi connectivity index (χ0v) is 10.9. The van der Waals surface area contributed by atoms with Crippen LogP contribution in [-0.2, 0) is 0 Å². The lowest BCUT2D eigenvalue weighted by atomic mass is 10.1. The number of nitro groups is 1. The number of nitrogens with zero attached hydrogens (tertiary/aromatic N) is 1. The van der Waals surface area contributed by atoms with Crippen molar-refractivity contribution >= 4 is 34.2 Å².